The SMILES string of the molecule is [2H]C1(C[C@H](NC(=O)CNC(=O)COc2ccc([C@@H]3[C@@H](SCC(O)c4ccc5c(c4)OCO5)C(=O)N3c3ccc(C)cc3)cc2)C(=O)O)CCCCC1. The van der Waals surface area contributed by atoms with Crippen molar-refractivity contribution < 1.29 is 45.0 Å². The number of aliphatic hydroxyl groups excluding tert-OH is 1. The molecule has 12 nitrogen and oxygen atoms in total. The first kappa shape index (κ1) is 34.7. The van der Waals surface area contributed by atoms with Crippen LogP contribution in [-0.4, -0.2) is 70.9 Å². The van der Waals surface area contributed by atoms with Gasteiger partial charge in [-0.25, -0.2) is 4.79 Å². The molecule has 270 valence electrons. The van der Waals surface area contributed by atoms with E-state index in [2.05, 4.69) is 10.6 Å². The number of aliphatic hydroxyl groups is 1. The van der Waals surface area contributed by atoms with Crippen molar-refractivity contribution >= 4 is 41.1 Å². The minimum Gasteiger partial charge on any atom is -0.484 e. The Labute approximate surface area is 302 Å². The number of hydrogen-bond acceptors (Lipinski definition) is 9. The van der Waals surface area contributed by atoms with Crippen LogP contribution in [0.5, 0.6) is 17.2 Å². The van der Waals surface area contributed by atoms with Crippen LogP contribution in [-0.2, 0) is 19.2 Å². The Kier molecular flexibility index (Phi) is 11.2. The van der Waals surface area contributed by atoms with E-state index in [1.54, 1.807) is 35.2 Å². The van der Waals surface area contributed by atoms with E-state index < -0.39 is 47.6 Å². The van der Waals surface area contributed by atoms with Crippen LogP contribution in [0.15, 0.2) is 66.7 Å². The van der Waals surface area contributed by atoms with Gasteiger partial charge in [0.2, 0.25) is 18.6 Å². The molecule has 3 aliphatic rings. The summed E-state index contributed by atoms with van der Waals surface area (Å²) in [7, 11) is 0. The van der Waals surface area contributed by atoms with Gasteiger partial charge in [0.1, 0.15) is 17.0 Å². The van der Waals surface area contributed by atoms with Crippen LogP contribution in [0.1, 0.15) is 68.7 Å². The number of ether oxygens (including phenoxy) is 3. The second-order valence-electron chi connectivity index (χ2n) is 13.0. The van der Waals surface area contributed by atoms with Gasteiger partial charge in [0, 0.05) is 12.8 Å². The van der Waals surface area contributed by atoms with Crippen molar-refractivity contribution in [2.75, 3.05) is 30.6 Å². The molecule has 2 fully saturated rings. The van der Waals surface area contributed by atoms with E-state index in [-0.39, 0.29) is 37.5 Å². The van der Waals surface area contributed by atoms with Crippen LogP contribution in [0.4, 0.5) is 5.69 Å². The number of fused-ring (bicyclic) bond motifs is 1. The number of carboxylic acids is 1. The summed E-state index contributed by atoms with van der Waals surface area (Å²) in [6.45, 7) is 1.31. The predicted octanol–water partition coefficient (Wildman–Crippen LogP) is 4.68. The fourth-order valence-electron chi connectivity index (χ4n) is 6.48. The van der Waals surface area contributed by atoms with Gasteiger partial charge in [-0.1, -0.05) is 68.0 Å². The molecule has 0 radical (unpaired) electrons. The largest absolute Gasteiger partial charge is 0.484 e. The number of nitrogens with zero attached hydrogens (tertiary/aromatic N) is 1. The van der Waals surface area contributed by atoms with Crippen LogP contribution in [0.2, 0.25) is 0 Å². The summed E-state index contributed by atoms with van der Waals surface area (Å²) in [5.41, 5.74) is 3.35. The quantitative estimate of drug-likeness (QED) is 0.162. The third kappa shape index (κ3) is 8.95. The standard InChI is InChI=1S/C38H43N3O9S/c1-23-7-12-27(13-8-23)41-35(36(37(41)45)51-21-30(42)26-11-16-31-32(18-26)50-22-49-31)25-9-14-28(15-10-25)48-20-34(44)39-19-33(43)40-29(38(46)47)17-24-5-3-2-4-6-24/h7-16,18,24,29-30,35-36,42H,2-6,17,19-22H2,1H3,(H,39,44)(H,40,43)(H,46,47)/t29-,30?,35+,36+/m0/s1/i24D. The molecule has 13 heteroatoms. The van der Waals surface area contributed by atoms with E-state index in [1.165, 1.54) is 11.8 Å². The number of aliphatic carboxylic acids is 1. The molecule has 0 bridgehead atoms. The molecule has 3 amide bonds. The van der Waals surface area contributed by atoms with Gasteiger partial charge in [0.15, 0.2) is 18.1 Å². The van der Waals surface area contributed by atoms with Crippen LogP contribution in [0, 0.1) is 12.8 Å². The van der Waals surface area contributed by atoms with E-state index in [1.807, 2.05) is 43.3 Å². The second-order valence-corrected chi connectivity index (χ2v) is 14.2. The molecule has 1 unspecified atom stereocenters. The van der Waals surface area contributed by atoms with Crippen molar-refractivity contribution in [1.29, 1.82) is 0 Å². The van der Waals surface area contributed by atoms with E-state index in [0.29, 0.717) is 35.7 Å². The second kappa shape index (κ2) is 16.5. The predicted molar refractivity (Wildman–Crippen MR) is 191 cm³/mol. The Balaban J connectivity index is 1.03. The van der Waals surface area contributed by atoms with Gasteiger partial charge in [0.05, 0.1) is 18.7 Å². The van der Waals surface area contributed by atoms with Crippen molar-refractivity contribution in [2.45, 2.75) is 68.9 Å². The average molecular weight is 719 g/mol. The summed E-state index contributed by atoms with van der Waals surface area (Å²) in [6.07, 6.45) is 3.13. The number of hydrogen-bond donors (Lipinski definition) is 4. The first-order chi connectivity index (χ1) is 25.0. The number of carboxylic acid groups (broad SMARTS) is 1. The first-order valence-corrected chi connectivity index (χ1v) is 18.2. The number of carbonyl (C=O) groups excluding carboxylic acids is 3. The summed E-state index contributed by atoms with van der Waals surface area (Å²) in [5.74, 6) is -1.50. The highest BCUT2D eigenvalue weighted by molar-refractivity contribution is 8.00. The maximum Gasteiger partial charge on any atom is 0.326 e. The zero-order chi connectivity index (χ0) is 36.8. The smallest absolute Gasteiger partial charge is 0.326 e. The number of amides is 3. The Morgan fingerprint density at radius 1 is 1.00 bits per heavy atom. The van der Waals surface area contributed by atoms with Gasteiger partial charge in [-0.15, -0.1) is 11.8 Å². The molecule has 0 spiro atoms. The van der Waals surface area contributed by atoms with Gasteiger partial charge in [-0.2, -0.15) is 0 Å². The van der Waals surface area contributed by atoms with Crippen molar-refractivity contribution in [3.8, 4) is 17.2 Å². The van der Waals surface area contributed by atoms with Gasteiger partial charge >= 0.3 is 5.97 Å². The third-order valence-electron chi connectivity index (χ3n) is 9.30. The summed E-state index contributed by atoms with van der Waals surface area (Å²) in [4.78, 5) is 52.0. The average Bonchev–Trinajstić information content (AvgIpc) is 3.61. The number of thioether (sulfide) groups is 1. The number of anilines is 1. The molecule has 3 aromatic rings. The van der Waals surface area contributed by atoms with Crippen LogP contribution in [0.25, 0.3) is 0 Å². The van der Waals surface area contributed by atoms with Crippen LogP contribution >= 0.6 is 11.8 Å². The minimum absolute atomic E-state index is 0.0154. The zero-order valence-corrected chi connectivity index (χ0v) is 29.2. The number of β-lactam (4-membered cyclic amide) rings is 1. The summed E-state index contributed by atoms with van der Waals surface area (Å²) < 4.78 is 25.0. The highest BCUT2D eigenvalue weighted by atomic mass is 32.2. The molecule has 4 atom stereocenters. The number of carbonyl (C=O) groups is 4. The number of benzene rings is 3. The zero-order valence-electron chi connectivity index (χ0n) is 29.3. The molecule has 2 aliphatic heterocycles. The van der Waals surface area contributed by atoms with Crippen molar-refractivity contribution in [3.63, 3.8) is 0 Å². The monoisotopic (exact) mass is 718 g/mol. The summed E-state index contributed by atoms with van der Waals surface area (Å²) >= 11 is 1.38. The van der Waals surface area contributed by atoms with Gasteiger partial charge in [-0.05, 0) is 66.8 Å². The first-order valence-electron chi connectivity index (χ1n) is 17.6. The lowest BCUT2D eigenvalue weighted by Crippen LogP contribution is -2.57. The van der Waals surface area contributed by atoms with Crippen molar-refractivity contribution in [3.05, 3.63) is 83.4 Å². The Morgan fingerprint density at radius 2 is 1.73 bits per heavy atom. The number of aryl methyl sites for hydroxylation is 1. The Hall–Kier alpha value is -4.75. The molecular weight excluding hydrogens is 674 g/mol. The fourth-order valence-corrected chi connectivity index (χ4v) is 7.78. The lowest BCUT2D eigenvalue weighted by Gasteiger charge is -2.47. The highest BCUT2D eigenvalue weighted by Gasteiger charge is 2.49. The Bertz CT molecular complexity index is 1770. The minimum atomic E-state index is -1.21. The van der Waals surface area contributed by atoms with E-state index >= 15 is 0 Å². The van der Waals surface area contributed by atoms with Crippen LogP contribution in [0.3, 0.4) is 0 Å². The third-order valence-corrected chi connectivity index (χ3v) is 10.6. The Morgan fingerprint density at radius 3 is 2.45 bits per heavy atom. The number of rotatable bonds is 15. The van der Waals surface area contributed by atoms with Crippen LogP contribution < -0.4 is 29.7 Å². The van der Waals surface area contributed by atoms with Crippen molar-refractivity contribution in [1.82, 2.24) is 10.6 Å². The van der Waals surface area contributed by atoms with Gasteiger partial charge < -0.3 is 40.0 Å². The molecule has 1 saturated heterocycles. The molecule has 1 saturated carbocycles. The maximum absolute atomic E-state index is 13.5. The van der Waals surface area contributed by atoms with E-state index in [4.69, 9.17) is 15.6 Å². The molecule has 3 aromatic carbocycles. The molecule has 1 aliphatic carbocycles. The van der Waals surface area contributed by atoms with Gasteiger partial charge in [-0.3, -0.25) is 14.4 Å². The highest BCUT2D eigenvalue weighted by Crippen LogP contribution is 2.46. The molecule has 0 aromatic heterocycles. The maximum atomic E-state index is 13.5. The molecule has 4 N–H and O–H groups in total. The molecule has 2 heterocycles. The molecule has 6 rings (SSSR count). The lowest BCUT2D eigenvalue weighted by atomic mass is 9.85. The summed E-state index contributed by atoms with van der Waals surface area (Å²) in [5, 5.41) is 25.0. The van der Waals surface area contributed by atoms with E-state index in [9.17, 15) is 29.4 Å². The van der Waals surface area contributed by atoms with E-state index in [0.717, 1.165) is 36.1 Å². The van der Waals surface area contributed by atoms with Gasteiger partial charge in [0.25, 0.3) is 5.91 Å². The fraction of sp³-hybridized carbons (Fsp3) is 0.421. The summed E-state index contributed by atoms with van der Waals surface area (Å²) in [6, 6.07) is 18.5. The molecule has 51 heavy (non-hydrogen) atoms. The normalized spacial score (nSPS) is 20.4. The topological polar surface area (TPSA) is 164 Å². The lowest BCUT2D eigenvalue weighted by molar-refractivity contribution is -0.142. The number of nitrogens with one attached hydrogen (secondary N) is 2. The molecular formula is C38H43N3O9S. The van der Waals surface area contributed by atoms with Crippen molar-refractivity contribution in [2.24, 2.45) is 5.89 Å².